The molecular weight excluding hydrogens is 104 g/mol. The van der Waals surface area contributed by atoms with Gasteiger partial charge in [-0.2, -0.15) is 0 Å². The summed E-state index contributed by atoms with van der Waals surface area (Å²) < 4.78 is 4.79. The molecule has 0 spiro atoms. The maximum absolute atomic E-state index is 4.95. The molecular formula is C5H12N2O. The second-order valence-electron chi connectivity index (χ2n) is 1.83. The van der Waals surface area contributed by atoms with Gasteiger partial charge in [-0.15, -0.1) is 5.10 Å². The van der Waals surface area contributed by atoms with Crippen molar-refractivity contribution < 1.29 is 4.74 Å². The molecule has 0 unspecified atom stereocenters. The Balaban J connectivity index is 3.72. The average Bonchev–Trinajstić information content (AvgIpc) is 1.69. The van der Waals surface area contributed by atoms with E-state index in [1.165, 1.54) is 0 Å². The molecule has 0 saturated heterocycles. The average molecular weight is 116 g/mol. The van der Waals surface area contributed by atoms with Crippen LogP contribution in [0, 0.1) is 5.92 Å². The van der Waals surface area contributed by atoms with Crippen LogP contribution in [-0.2, 0) is 4.74 Å². The fourth-order valence-electron chi connectivity index (χ4n) is 0.437. The quantitative estimate of drug-likeness (QED) is 0.235. The molecule has 0 aromatic rings. The van der Waals surface area contributed by atoms with E-state index in [1.54, 1.807) is 7.11 Å². The third-order valence-electron chi connectivity index (χ3n) is 0.830. The minimum atomic E-state index is 0.282. The van der Waals surface area contributed by atoms with Crippen molar-refractivity contribution in [1.82, 2.24) is 0 Å². The van der Waals surface area contributed by atoms with Crippen molar-refractivity contribution in [2.75, 3.05) is 7.11 Å². The van der Waals surface area contributed by atoms with Gasteiger partial charge in [0.05, 0.1) is 7.11 Å². The molecule has 0 rings (SSSR count). The van der Waals surface area contributed by atoms with Crippen LogP contribution < -0.4 is 5.84 Å². The Labute approximate surface area is 49.5 Å². The lowest BCUT2D eigenvalue weighted by Crippen LogP contribution is -2.11. The maximum Gasteiger partial charge on any atom is 0.207 e. The van der Waals surface area contributed by atoms with E-state index in [9.17, 15) is 0 Å². The van der Waals surface area contributed by atoms with Crippen LogP contribution in [0.1, 0.15) is 13.8 Å². The molecule has 0 aromatic carbocycles. The van der Waals surface area contributed by atoms with Crippen molar-refractivity contribution in [3.05, 3.63) is 0 Å². The monoisotopic (exact) mass is 116 g/mol. The summed E-state index contributed by atoms with van der Waals surface area (Å²) in [6.07, 6.45) is 0. The van der Waals surface area contributed by atoms with Crippen LogP contribution in [0.2, 0.25) is 0 Å². The van der Waals surface area contributed by atoms with Crippen LogP contribution in [0.3, 0.4) is 0 Å². The van der Waals surface area contributed by atoms with Gasteiger partial charge in [0.2, 0.25) is 5.90 Å². The number of hydrogen-bond acceptors (Lipinski definition) is 3. The SMILES string of the molecule is CO/C(=N/N)C(C)C. The first-order chi connectivity index (χ1) is 3.72. The lowest BCUT2D eigenvalue weighted by molar-refractivity contribution is 0.373. The Hall–Kier alpha value is -0.730. The number of ether oxygens (including phenoxy) is 1. The van der Waals surface area contributed by atoms with E-state index < -0.39 is 0 Å². The molecule has 0 aromatic heterocycles. The standard InChI is InChI=1S/C5H12N2O/c1-4(2)5(7-6)8-3/h4H,6H2,1-3H3/b7-5+. The van der Waals surface area contributed by atoms with Gasteiger partial charge in [-0.1, -0.05) is 13.8 Å². The summed E-state index contributed by atoms with van der Waals surface area (Å²) in [5, 5.41) is 3.40. The van der Waals surface area contributed by atoms with E-state index in [2.05, 4.69) is 5.10 Å². The van der Waals surface area contributed by atoms with Crippen LogP contribution in [0.4, 0.5) is 0 Å². The zero-order valence-electron chi connectivity index (χ0n) is 5.51. The van der Waals surface area contributed by atoms with Gasteiger partial charge in [0, 0.05) is 5.92 Å². The second kappa shape index (κ2) is 3.29. The highest BCUT2D eigenvalue weighted by Gasteiger charge is 2.01. The molecule has 0 aliphatic heterocycles. The number of methoxy groups -OCH3 is 1. The van der Waals surface area contributed by atoms with Gasteiger partial charge in [0.15, 0.2) is 0 Å². The van der Waals surface area contributed by atoms with Crippen LogP contribution in [-0.4, -0.2) is 13.0 Å². The van der Waals surface area contributed by atoms with E-state index >= 15 is 0 Å². The van der Waals surface area contributed by atoms with Crippen molar-refractivity contribution in [1.29, 1.82) is 0 Å². The molecule has 0 aliphatic rings. The zero-order chi connectivity index (χ0) is 6.57. The fraction of sp³-hybridized carbons (Fsp3) is 0.800. The topological polar surface area (TPSA) is 47.6 Å². The first-order valence-corrected chi connectivity index (χ1v) is 2.54. The highest BCUT2D eigenvalue weighted by molar-refractivity contribution is 5.77. The summed E-state index contributed by atoms with van der Waals surface area (Å²) in [7, 11) is 1.56. The van der Waals surface area contributed by atoms with Gasteiger partial charge >= 0.3 is 0 Å². The third kappa shape index (κ3) is 1.82. The second-order valence-corrected chi connectivity index (χ2v) is 1.83. The summed E-state index contributed by atoms with van der Waals surface area (Å²) in [5.74, 6) is 5.82. The predicted octanol–water partition coefficient (Wildman–Crippen LogP) is 0.561. The molecule has 0 radical (unpaired) electrons. The molecule has 48 valence electrons. The van der Waals surface area contributed by atoms with E-state index in [0.29, 0.717) is 5.90 Å². The molecule has 0 aliphatic carbocycles. The summed E-state index contributed by atoms with van der Waals surface area (Å²) in [4.78, 5) is 0. The molecule has 0 fully saturated rings. The minimum absolute atomic E-state index is 0.282. The molecule has 2 N–H and O–H groups in total. The Morgan fingerprint density at radius 3 is 2.12 bits per heavy atom. The van der Waals surface area contributed by atoms with Gasteiger partial charge in [-0.25, -0.2) is 0 Å². The first kappa shape index (κ1) is 7.27. The van der Waals surface area contributed by atoms with E-state index in [1.807, 2.05) is 13.8 Å². The third-order valence-corrected chi connectivity index (χ3v) is 0.830. The predicted molar refractivity (Wildman–Crippen MR) is 33.5 cm³/mol. The van der Waals surface area contributed by atoms with Crippen molar-refractivity contribution in [3.63, 3.8) is 0 Å². The maximum atomic E-state index is 4.95. The number of nitrogens with zero attached hydrogens (tertiary/aromatic N) is 1. The van der Waals surface area contributed by atoms with Gasteiger partial charge in [-0.05, 0) is 0 Å². The fourth-order valence-corrected chi connectivity index (χ4v) is 0.437. The van der Waals surface area contributed by atoms with E-state index in [4.69, 9.17) is 10.6 Å². The molecule has 0 saturated carbocycles. The largest absolute Gasteiger partial charge is 0.483 e. The summed E-state index contributed by atoms with van der Waals surface area (Å²) in [5.41, 5.74) is 0. The van der Waals surface area contributed by atoms with Gasteiger partial charge in [-0.3, -0.25) is 0 Å². The Morgan fingerprint density at radius 2 is 2.12 bits per heavy atom. The number of hydrazone groups is 1. The lowest BCUT2D eigenvalue weighted by Gasteiger charge is -2.04. The van der Waals surface area contributed by atoms with Crippen molar-refractivity contribution in [2.45, 2.75) is 13.8 Å². The molecule has 3 nitrogen and oxygen atoms in total. The molecule has 8 heavy (non-hydrogen) atoms. The van der Waals surface area contributed by atoms with Crippen LogP contribution in [0.5, 0.6) is 0 Å². The number of hydrogen-bond donors (Lipinski definition) is 1. The minimum Gasteiger partial charge on any atom is -0.483 e. The smallest absolute Gasteiger partial charge is 0.207 e. The van der Waals surface area contributed by atoms with Crippen molar-refractivity contribution in [3.8, 4) is 0 Å². The molecule has 0 heterocycles. The lowest BCUT2D eigenvalue weighted by atomic mass is 10.2. The van der Waals surface area contributed by atoms with E-state index in [0.717, 1.165) is 0 Å². The van der Waals surface area contributed by atoms with Crippen molar-refractivity contribution >= 4 is 5.90 Å². The van der Waals surface area contributed by atoms with Gasteiger partial charge in [0.1, 0.15) is 0 Å². The summed E-state index contributed by atoms with van der Waals surface area (Å²) in [6.45, 7) is 3.93. The Kier molecular flexibility index (Phi) is 2.99. The van der Waals surface area contributed by atoms with Crippen LogP contribution in [0.15, 0.2) is 5.10 Å². The van der Waals surface area contributed by atoms with Gasteiger partial charge < -0.3 is 10.6 Å². The summed E-state index contributed by atoms with van der Waals surface area (Å²) >= 11 is 0. The number of rotatable bonds is 1. The van der Waals surface area contributed by atoms with Crippen molar-refractivity contribution in [2.24, 2.45) is 16.9 Å². The molecule has 3 heteroatoms. The molecule has 0 amide bonds. The molecule has 0 bridgehead atoms. The highest BCUT2D eigenvalue weighted by atomic mass is 16.5. The van der Waals surface area contributed by atoms with Gasteiger partial charge in [0.25, 0.3) is 0 Å². The number of nitrogens with two attached hydrogens (primary N) is 1. The first-order valence-electron chi connectivity index (χ1n) is 2.54. The normalized spacial score (nSPS) is 12.2. The Morgan fingerprint density at radius 1 is 1.62 bits per heavy atom. The zero-order valence-corrected chi connectivity index (χ0v) is 5.51. The van der Waals surface area contributed by atoms with Crippen LogP contribution in [0.25, 0.3) is 0 Å². The van der Waals surface area contributed by atoms with Crippen LogP contribution >= 0.6 is 0 Å². The molecule has 0 atom stereocenters. The van der Waals surface area contributed by atoms with E-state index in [-0.39, 0.29) is 5.92 Å². The summed E-state index contributed by atoms with van der Waals surface area (Å²) in [6, 6.07) is 0. The highest BCUT2D eigenvalue weighted by Crippen LogP contribution is 1.94. The Bertz CT molecular complexity index is 88.4.